The molecule has 2 aromatic carbocycles. The summed E-state index contributed by atoms with van der Waals surface area (Å²) in [5.74, 6) is 0.985. The zero-order valence-electron chi connectivity index (χ0n) is 16.9. The molecule has 1 N–H and O–H groups in total. The number of aromatic nitrogens is 2. The third-order valence-electron chi connectivity index (χ3n) is 5.80. The fourth-order valence-corrected chi connectivity index (χ4v) is 3.84. The molecule has 1 saturated carbocycles. The number of carbonyl (C=O) groups is 1. The van der Waals surface area contributed by atoms with Gasteiger partial charge in [-0.15, -0.1) is 0 Å². The number of aryl methyl sites for hydroxylation is 1. The van der Waals surface area contributed by atoms with Crippen LogP contribution in [0.4, 0.5) is 0 Å². The lowest BCUT2D eigenvalue weighted by Crippen LogP contribution is -2.32. The summed E-state index contributed by atoms with van der Waals surface area (Å²) >= 11 is 0. The van der Waals surface area contributed by atoms with E-state index < -0.39 is 5.60 Å². The summed E-state index contributed by atoms with van der Waals surface area (Å²) in [4.78, 5) is 11.7. The van der Waals surface area contributed by atoms with Crippen LogP contribution in [0.5, 0.6) is 5.75 Å². The van der Waals surface area contributed by atoms with Gasteiger partial charge in [-0.25, -0.2) is 4.68 Å². The number of ketones is 1. The molecule has 0 bridgehead atoms. The highest BCUT2D eigenvalue weighted by atomic mass is 16.5. The number of hydrogen-bond donors (Lipinski definition) is 1. The number of methoxy groups -OCH3 is 1. The predicted molar refractivity (Wildman–Crippen MR) is 112 cm³/mol. The predicted octanol–water partition coefficient (Wildman–Crippen LogP) is 4.44. The van der Waals surface area contributed by atoms with E-state index in [2.05, 4.69) is 31.2 Å². The van der Waals surface area contributed by atoms with Gasteiger partial charge in [-0.2, -0.15) is 5.10 Å². The van der Waals surface area contributed by atoms with Gasteiger partial charge in [0.05, 0.1) is 24.2 Å². The van der Waals surface area contributed by atoms with Crippen LogP contribution >= 0.6 is 0 Å². The fourth-order valence-electron chi connectivity index (χ4n) is 3.84. The lowest BCUT2D eigenvalue weighted by atomic mass is 9.82. The third kappa shape index (κ3) is 3.83. The van der Waals surface area contributed by atoms with Gasteiger partial charge in [0.15, 0.2) is 0 Å². The summed E-state index contributed by atoms with van der Waals surface area (Å²) in [6, 6.07) is 18.1. The molecule has 5 nitrogen and oxygen atoms in total. The van der Waals surface area contributed by atoms with E-state index in [1.165, 1.54) is 5.56 Å². The molecule has 1 aliphatic carbocycles. The number of benzene rings is 2. The van der Waals surface area contributed by atoms with Crippen LogP contribution in [0.15, 0.2) is 54.6 Å². The zero-order chi connectivity index (χ0) is 20.4. The number of ether oxygens (including phenoxy) is 1. The van der Waals surface area contributed by atoms with Crippen molar-refractivity contribution >= 4 is 5.78 Å². The van der Waals surface area contributed by atoms with Crippen LogP contribution in [0.3, 0.4) is 0 Å². The summed E-state index contributed by atoms with van der Waals surface area (Å²) in [7, 11) is 1.64. The minimum Gasteiger partial charge on any atom is -0.497 e. The zero-order valence-corrected chi connectivity index (χ0v) is 16.9. The van der Waals surface area contributed by atoms with Crippen molar-refractivity contribution < 1.29 is 14.6 Å². The number of nitrogens with zero attached hydrogens (tertiary/aromatic N) is 2. The summed E-state index contributed by atoms with van der Waals surface area (Å²) in [5.41, 5.74) is 3.67. The number of carbonyl (C=O) groups excluding carboxylic acids is 1. The number of hydrogen-bond acceptors (Lipinski definition) is 4. The summed E-state index contributed by atoms with van der Waals surface area (Å²) in [6.07, 6.45) is 2.61. The van der Waals surface area contributed by atoms with Gasteiger partial charge in [0.2, 0.25) is 0 Å². The second-order valence-electron chi connectivity index (χ2n) is 7.65. The highest BCUT2D eigenvalue weighted by Gasteiger charge is 2.37. The van der Waals surface area contributed by atoms with Crippen LogP contribution in [-0.4, -0.2) is 27.8 Å². The van der Waals surface area contributed by atoms with Crippen LogP contribution < -0.4 is 4.74 Å². The van der Waals surface area contributed by atoms with Gasteiger partial charge in [0, 0.05) is 18.4 Å². The number of Topliss-reactive ketones (excluding diaryl/α,β-unsaturated/α-hetero) is 1. The Balaban J connectivity index is 1.80. The normalized spacial score (nSPS) is 16.0. The quantitative estimate of drug-likeness (QED) is 0.699. The minimum absolute atomic E-state index is 0.208. The topological polar surface area (TPSA) is 64.3 Å². The molecule has 0 amide bonds. The monoisotopic (exact) mass is 390 g/mol. The van der Waals surface area contributed by atoms with Gasteiger partial charge in [0.25, 0.3) is 0 Å². The van der Waals surface area contributed by atoms with Crippen molar-refractivity contribution in [2.45, 2.75) is 44.6 Å². The molecule has 4 rings (SSSR count). The standard InChI is InChI=1S/C24H26N2O3/c1-3-17-4-6-18(7-5-17)22-16-23(24(28)14-12-20(27)13-15-24)25-26(22)19-8-10-21(29-2)11-9-19/h4-11,16,28H,3,12-15H2,1-2H3. The molecule has 3 aromatic rings. The highest BCUT2D eigenvalue weighted by Crippen LogP contribution is 2.37. The molecule has 150 valence electrons. The first kappa shape index (κ1) is 19.4. The maximum Gasteiger partial charge on any atom is 0.133 e. The molecule has 0 spiro atoms. The van der Waals surface area contributed by atoms with Crippen LogP contribution in [-0.2, 0) is 16.8 Å². The molecule has 0 saturated heterocycles. The summed E-state index contributed by atoms with van der Waals surface area (Å²) in [6.45, 7) is 2.13. The van der Waals surface area contributed by atoms with Crippen molar-refractivity contribution in [1.29, 1.82) is 0 Å². The smallest absolute Gasteiger partial charge is 0.133 e. The van der Waals surface area contributed by atoms with E-state index in [0.717, 1.165) is 29.1 Å². The Kier molecular flexibility index (Phi) is 5.24. The highest BCUT2D eigenvalue weighted by molar-refractivity contribution is 5.79. The molecule has 0 atom stereocenters. The molecule has 1 fully saturated rings. The molecular formula is C24H26N2O3. The summed E-state index contributed by atoms with van der Waals surface area (Å²) < 4.78 is 7.14. The van der Waals surface area contributed by atoms with Crippen molar-refractivity contribution in [2.75, 3.05) is 7.11 Å². The maximum atomic E-state index is 11.7. The van der Waals surface area contributed by atoms with Crippen molar-refractivity contribution in [2.24, 2.45) is 0 Å². The number of rotatable bonds is 5. The largest absolute Gasteiger partial charge is 0.497 e. The van der Waals surface area contributed by atoms with Crippen LogP contribution in [0.25, 0.3) is 16.9 Å². The Morgan fingerprint density at radius 1 is 1.07 bits per heavy atom. The molecule has 29 heavy (non-hydrogen) atoms. The van der Waals surface area contributed by atoms with E-state index >= 15 is 0 Å². The molecule has 0 aliphatic heterocycles. The SMILES string of the molecule is CCc1ccc(-c2cc(C3(O)CCC(=O)CC3)nn2-c2ccc(OC)cc2)cc1. The fraction of sp³-hybridized carbons (Fsp3) is 0.333. The number of aliphatic hydroxyl groups is 1. The molecule has 0 unspecified atom stereocenters. The van der Waals surface area contributed by atoms with E-state index in [1.54, 1.807) is 7.11 Å². The maximum absolute atomic E-state index is 11.7. The van der Waals surface area contributed by atoms with Gasteiger partial charge in [-0.05, 0) is 55.2 Å². The lowest BCUT2D eigenvalue weighted by Gasteiger charge is -2.29. The molecule has 1 aromatic heterocycles. The van der Waals surface area contributed by atoms with E-state index in [-0.39, 0.29) is 5.78 Å². The average molecular weight is 390 g/mol. The van der Waals surface area contributed by atoms with Crippen LogP contribution in [0.2, 0.25) is 0 Å². The Morgan fingerprint density at radius 3 is 2.31 bits per heavy atom. The van der Waals surface area contributed by atoms with Gasteiger partial charge in [-0.1, -0.05) is 31.2 Å². The van der Waals surface area contributed by atoms with Gasteiger partial charge in [-0.3, -0.25) is 4.79 Å². The first-order chi connectivity index (χ1) is 14.0. The second-order valence-corrected chi connectivity index (χ2v) is 7.65. The third-order valence-corrected chi connectivity index (χ3v) is 5.80. The van der Waals surface area contributed by atoms with E-state index in [4.69, 9.17) is 9.84 Å². The van der Waals surface area contributed by atoms with Crippen molar-refractivity contribution in [3.05, 3.63) is 65.9 Å². The van der Waals surface area contributed by atoms with E-state index in [1.807, 2.05) is 35.0 Å². The molecular weight excluding hydrogens is 364 g/mol. The molecule has 0 radical (unpaired) electrons. The first-order valence-corrected chi connectivity index (χ1v) is 10.1. The van der Waals surface area contributed by atoms with Crippen molar-refractivity contribution in [3.8, 4) is 22.7 Å². The Bertz CT molecular complexity index is 929. The Hall–Kier alpha value is -2.92. The molecule has 1 heterocycles. The Morgan fingerprint density at radius 2 is 1.72 bits per heavy atom. The first-order valence-electron chi connectivity index (χ1n) is 10.1. The van der Waals surface area contributed by atoms with Gasteiger partial charge >= 0.3 is 0 Å². The second kappa shape index (κ2) is 7.84. The van der Waals surface area contributed by atoms with E-state index in [9.17, 15) is 9.90 Å². The molecule has 5 heteroatoms. The lowest BCUT2D eigenvalue weighted by molar-refractivity contribution is -0.125. The summed E-state index contributed by atoms with van der Waals surface area (Å²) in [5, 5.41) is 16.0. The minimum atomic E-state index is -1.07. The van der Waals surface area contributed by atoms with E-state index in [0.29, 0.717) is 31.4 Å². The van der Waals surface area contributed by atoms with Gasteiger partial charge in [0.1, 0.15) is 17.1 Å². The van der Waals surface area contributed by atoms with Crippen LogP contribution in [0.1, 0.15) is 43.9 Å². The average Bonchev–Trinajstić information content (AvgIpc) is 3.22. The van der Waals surface area contributed by atoms with Crippen LogP contribution in [0, 0.1) is 0 Å². The van der Waals surface area contributed by atoms with Crippen molar-refractivity contribution in [3.63, 3.8) is 0 Å². The Labute approximate surface area is 171 Å². The van der Waals surface area contributed by atoms with Gasteiger partial charge < -0.3 is 9.84 Å². The molecule has 1 aliphatic rings. The van der Waals surface area contributed by atoms with Crippen molar-refractivity contribution in [1.82, 2.24) is 9.78 Å².